The highest BCUT2D eigenvalue weighted by Crippen LogP contribution is 2.32. The van der Waals surface area contributed by atoms with Crippen molar-refractivity contribution in [1.82, 2.24) is 20.2 Å². The van der Waals surface area contributed by atoms with Crippen molar-refractivity contribution >= 4 is 16.7 Å². The van der Waals surface area contributed by atoms with E-state index in [9.17, 15) is 0 Å². The Morgan fingerprint density at radius 3 is 2.77 bits per heavy atom. The number of aromatic amines is 1. The molecule has 3 aromatic heterocycles. The summed E-state index contributed by atoms with van der Waals surface area (Å²) in [5, 5.41) is 8.35. The highest BCUT2D eigenvalue weighted by Gasteiger charge is 2.24. The fraction of sp³-hybridized carbons (Fsp3) is 0.353. The van der Waals surface area contributed by atoms with Crippen LogP contribution in [0.5, 0.6) is 0 Å². The molecule has 112 valence electrons. The molecular weight excluding hydrogens is 274 g/mol. The van der Waals surface area contributed by atoms with Crippen LogP contribution in [0, 0.1) is 6.92 Å². The lowest BCUT2D eigenvalue weighted by atomic mass is 9.90. The van der Waals surface area contributed by atoms with Gasteiger partial charge in [0.15, 0.2) is 0 Å². The number of hydrogen-bond acceptors (Lipinski definition) is 4. The van der Waals surface area contributed by atoms with Gasteiger partial charge >= 0.3 is 0 Å². The SMILES string of the molecule is Cc1[nH]ncc1C1CCN(c2nccc3ncccc23)CC1. The number of nitrogens with zero attached hydrogens (tertiary/aromatic N) is 4. The number of hydrogen-bond donors (Lipinski definition) is 1. The fourth-order valence-electron chi connectivity index (χ4n) is 3.41. The average Bonchev–Trinajstić information content (AvgIpc) is 3.01. The van der Waals surface area contributed by atoms with Gasteiger partial charge in [0.05, 0.1) is 11.7 Å². The molecule has 22 heavy (non-hydrogen) atoms. The van der Waals surface area contributed by atoms with Crippen LogP contribution in [-0.2, 0) is 0 Å². The maximum atomic E-state index is 4.60. The molecule has 1 saturated heterocycles. The van der Waals surface area contributed by atoms with Gasteiger partial charge in [-0.15, -0.1) is 0 Å². The number of pyridine rings is 2. The Labute approximate surface area is 129 Å². The lowest BCUT2D eigenvalue weighted by molar-refractivity contribution is 0.502. The molecule has 3 aromatic rings. The Hall–Kier alpha value is -2.43. The topological polar surface area (TPSA) is 57.7 Å². The second kappa shape index (κ2) is 5.40. The van der Waals surface area contributed by atoms with E-state index in [1.807, 2.05) is 30.7 Å². The molecule has 5 nitrogen and oxygen atoms in total. The van der Waals surface area contributed by atoms with Gasteiger partial charge < -0.3 is 4.90 Å². The van der Waals surface area contributed by atoms with Crippen LogP contribution in [0.3, 0.4) is 0 Å². The van der Waals surface area contributed by atoms with Crippen molar-refractivity contribution in [2.75, 3.05) is 18.0 Å². The third-order valence-electron chi connectivity index (χ3n) is 4.61. The first-order valence-corrected chi connectivity index (χ1v) is 7.77. The monoisotopic (exact) mass is 293 g/mol. The molecule has 5 heteroatoms. The molecule has 4 rings (SSSR count). The smallest absolute Gasteiger partial charge is 0.137 e. The van der Waals surface area contributed by atoms with Crippen LogP contribution >= 0.6 is 0 Å². The second-order valence-corrected chi connectivity index (χ2v) is 5.92. The van der Waals surface area contributed by atoms with Gasteiger partial charge in [0.25, 0.3) is 0 Å². The first-order valence-electron chi connectivity index (χ1n) is 7.77. The van der Waals surface area contributed by atoms with Crippen LogP contribution < -0.4 is 4.90 Å². The zero-order valence-corrected chi connectivity index (χ0v) is 12.7. The lowest BCUT2D eigenvalue weighted by Gasteiger charge is -2.33. The summed E-state index contributed by atoms with van der Waals surface area (Å²) in [5.74, 6) is 1.66. The number of rotatable bonds is 2. The van der Waals surface area contributed by atoms with Gasteiger partial charge in [-0.3, -0.25) is 10.1 Å². The number of nitrogens with one attached hydrogen (secondary N) is 1. The highest BCUT2D eigenvalue weighted by molar-refractivity contribution is 5.89. The number of fused-ring (bicyclic) bond motifs is 1. The zero-order chi connectivity index (χ0) is 14.9. The van der Waals surface area contributed by atoms with E-state index < -0.39 is 0 Å². The Bertz CT molecular complexity index is 781. The summed E-state index contributed by atoms with van der Waals surface area (Å²) >= 11 is 0. The quantitative estimate of drug-likeness (QED) is 0.789. The van der Waals surface area contributed by atoms with E-state index in [0.717, 1.165) is 42.7 Å². The highest BCUT2D eigenvalue weighted by atomic mass is 15.2. The molecular formula is C17H19N5. The van der Waals surface area contributed by atoms with E-state index in [1.54, 1.807) is 0 Å². The lowest BCUT2D eigenvalue weighted by Crippen LogP contribution is -2.33. The molecule has 1 N–H and O–H groups in total. The van der Waals surface area contributed by atoms with E-state index in [1.165, 1.54) is 11.3 Å². The van der Waals surface area contributed by atoms with E-state index in [4.69, 9.17) is 0 Å². The van der Waals surface area contributed by atoms with Crippen LogP contribution in [0.4, 0.5) is 5.82 Å². The first-order chi connectivity index (χ1) is 10.8. The summed E-state index contributed by atoms with van der Waals surface area (Å²) in [7, 11) is 0. The van der Waals surface area contributed by atoms with E-state index in [2.05, 4.69) is 38.1 Å². The molecule has 0 spiro atoms. The van der Waals surface area contributed by atoms with E-state index in [-0.39, 0.29) is 0 Å². The molecule has 0 atom stereocenters. The van der Waals surface area contributed by atoms with Crippen molar-refractivity contribution in [3.63, 3.8) is 0 Å². The molecule has 0 bridgehead atoms. The molecule has 0 aliphatic carbocycles. The first kappa shape index (κ1) is 13.2. The van der Waals surface area contributed by atoms with E-state index in [0.29, 0.717) is 5.92 Å². The summed E-state index contributed by atoms with van der Waals surface area (Å²) in [4.78, 5) is 11.4. The summed E-state index contributed by atoms with van der Waals surface area (Å²) in [5.41, 5.74) is 3.58. The van der Waals surface area contributed by atoms with Crippen LogP contribution in [0.1, 0.15) is 30.0 Å². The zero-order valence-electron chi connectivity index (χ0n) is 12.7. The van der Waals surface area contributed by atoms with Crippen molar-refractivity contribution < 1.29 is 0 Å². The second-order valence-electron chi connectivity index (χ2n) is 5.92. The normalized spacial score (nSPS) is 16.3. The summed E-state index contributed by atoms with van der Waals surface area (Å²) in [6.45, 7) is 4.15. The van der Waals surface area contributed by atoms with Crippen LogP contribution in [0.15, 0.2) is 36.8 Å². The Balaban J connectivity index is 1.57. The van der Waals surface area contributed by atoms with Gasteiger partial charge in [-0.25, -0.2) is 4.98 Å². The van der Waals surface area contributed by atoms with Crippen molar-refractivity contribution in [2.24, 2.45) is 0 Å². The van der Waals surface area contributed by atoms with Gasteiger partial charge in [0, 0.05) is 36.6 Å². The van der Waals surface area contributed by atoms with Crippen molar-refractivity contribution in [3.8, 4) is 0 Å². The molecule has 0 amide bonds. The predicted octanol–water partition coefficient (Wildman–Crippen LogP) is 3.05. The Morgan fingerprint density at radius 1 is 1.14 bits per heavy atom. The minimum atomic E-state index is 0.600. The van der Waals surface area contributed by atoms with Crippen LogP contribution in [0.2, 0.25) is 0 Å². The summed E-state index contributed by atoms with van der Waals surface area (Å²) in [6, 6.07) is 6.06. The largest absolute Gasteiger partial charge is 0.356 e. The number of aryl methyl sites for hydroxylation is 1. The van der Waals surface area contributed by atoms with Gasteiger partial charge in [0.2, 0.25) is 0 Å². The molecule has 0 unspecified atom stereocenters. The van der Waals surface area contributed by atoms with Crippen LogP contribution in [0.25, 0.3) is 10.9 Å². The molecule has 4 heterocycles. The predicted molar refractivity (Wildman–Crippen MR) is 87.1 cm³/mol. The molecule has 1 aliphatic rings. The maximum Gasteiger partial charge on any atom is 0.137 e. The van der Waals surface area contributed by atoms with Crippen LogP contribution in [-0.4, -0.2) is 33.3 Å². The maximum absolute atomic E-state index is 4.60. The van der Waals surface area contributed by atoms with Gasteiger partial charge in [-0.2, -0.15) is 5.10 Å². The number of H-pyrrole nitrogens is 1. The third-order valence-corrected chi connectivity index (χ3v) is 4.61. The fourth-order valence-corrected chi connectivity index (χ4v) is 3.41. The molecule has 1 aliphatic heterocycles. The van der Waals surface area contributed by atoms with Gasteiger partial charge in [-0.1, -0.05) is 0 Å². The minimum Gasteiger partial charge on any atom is -0.356 e. The van der Waals surface area contributed by atoms with Gasteiger partial charge in [-0.05, 0) is 49.4 Å². The van der Waals surface area contributed by atoms with E-state index >= 15 is 0 Å². The number of anilines is 1. The van der Waals surface area contributed by atoms with Crippen molar-refractivity contribution in [2.45, 2.75) is 25.7 Å². The number of piperidine rings is 1. The average molecular weight is 293 g/mol. The molecule has 0 radical (unpaired) electrons. The molecule has 0 aromatic carbocycles. The standard InChI is InChI=1S/C17H19N5/c1-12-15(11-20-21-12)13-5-9-22(10-6-13)17-14-3-2-7-18-16(14)4-8-19-17/h2-4,7-8,11,13H,5-6,9-10H2,1H3,(H,20,21). The molecule has 1 fully saturated rings. The molecule has 0 saturated carbocycles. The Morgan fingerprint density at radius 2 is 2.00 bits per heavy atom. The number of aromatic nitrogens is 4. The third kappa shape index (κ3) is 2.22. The van der Waals surface area contributed by atoms with Gasteiger partial charge in [0.1, 0.15) is 5.82 Å². The summed E-state index contributed by atoms with van der Waals surface area (Å²) < 4.78 is 0. The Kier molecular flexibility index (Phi) is 3.25. The minimum absolute atomic E-state index is 0.600. The summed E-state index contributed by atoms with van der Waals surface area (Å²) in [6.07, 6.45) is 7.95. The van der Waals surface area contributed by atoms with Crippen molar-refractivity contribution in [3.05, 3.63) is 48.0 Å². The van der Waals surface area contributed by atoms with Crippen molar-refractivity contribution in [1.29, 1.82) is 0 Å².